The third-order valence-corrected chi connectivity index (χ3v) is 5.53. The summed E-state index contributed by atoms with van der Waals surface area (Å²) in [6.07, 6.45) is 4.15. The Balaban J connectivity index is 1.72. The van der Waals surface area contributed by atoms with Gasteiger partial charge in [0.1, 0.15) is 11.5 Å². The third-order valence-electron chi connectivity index (χ3n) is 5.53. The molecular formula is C26H37N3O3. The van der Waals surface area contributed by atoms with Crippen LogP contribution in [0.25, 0.3) is 21.7 Å². The lowest BCUT2D eigenvalue weighted by Gasteiger charge is -2.13. The largest absolute Gasteiger partial charge is 0.494 e. The molecule has 0 spiro atoms. The molecule has 6 heteroatoms. The second-order valence-electron chi connectivity index (χ2n) is 8.15. The van der Waals surface area contributed by atoms with Crippen LogP contribution in [0, 0.1) is 0 Å². The molecule has 0 atom stereocenters. The Morgan fingerprint density at radius 2 is 1.31 bits per heavy atom. The van der Waals surface area contributed by atoms with Crippen molar-refractivity contribution in [3.8, 4) is 11.5 Å². The van der Waals surface area contributed by atoms with Crippen LogP contribution in [0.15, 0.2) is 41.2 Å². The van der Waals surface area contributed by atoms with E-state index in [0.29, 0.717) is 18.6 Å². The second kappa shape index (κ2) is 12.5. The lowest BCUT2D eigenvalue weighted by Crippen LogP contribution is -2.19. The summed E-state index contributed by atoms with van der Waals surface area (Å²) in [7, 11) is 1.81. The number of fused-ring (bicyclic) bond motifs is 3. The maximum absolute atomic E-state index is 13.1. The summed E-state index contributed by atoms with van der Waals surface area (Å²) in [4.78, 5) is 13.1. The van der Waals surface area contributed by atoms with Crippen molar-refractivity contribution in [2.75, 3.05) is 39.4 Å². The maximum Gasteiger partial charge on any atom is 0.258 e. The van der Waals surface area contributed by atoms with E-state index in [0.717, 1.165) is 79.7 Å². The van der Waals surface area contributed by atoms with Gasteiger partial charge in [0.25, 0.3) is 5.56 Å². The number of aromatic nitrogens is 1. The molecule has 174 valence electrons. The van der Waals surface area contributed by atoms with Gasteiger partial charge in [-0.3, -0.25) is 4.79 Å². The van der Waals surface area contributed by atoms with E-state index in [1.165, 1.54) is 0 Å². The zero-order chi connectivity index (χ0) is 22.8. The predicted octanol–water partition coefficient (Wildman–Crippen LogP) is 4.23. The highest BCUT2D eigenvalue weighted by molar-refractivity contribution is 6.06. The topological polar surface area (TPSA) is 64.5 Å². The first-order valence-corrected chi connectivity index (χ1v) is 11.9. The highest BCUT2D eigenvalue weighted by Crippen LogP contribution is 2.28. The number of nitrogens with zero attached hydrogens (tertiary/aromatic N) is 1. The molecule has 3 aromatic rings. The first-order chi connectivity index (χ1) is 15.7. The van der Waals surface area contributed by atoms with Gasteiger partial charge in [-0.2, -0.15) is 0 Å². The standard InChI is InChI=1S/C26H37N3O3/c1-4-12-27-14-6-16-31-20-8-10-22-23-11-9-21(32-17-7-15-28-13-5-2)19-25(23)29(3)26(30)24(22)18-20/h8-11,18-19,27-28H,4-7,12-17H2,1-3H3. The van der Waals surface area contributed by atoms with Crippen molar-refractivity contribution in [3.63, 3.8) is 0 Å². The van der Waals surface area contributed by atoms with Gasteiger partial charge in [-0.15, -0.1) is 0 Å². The van der Waals surface area contributed by atoms with E-state index in [4.69, 9.17) is 9.47 Å². The van der Waals surface area contributed by atoms with Gasteiger partial charge in [0.05, 0.1) is 24.1 Å². The minimum Gasteiger partial charge on any atom is -0.494 e. The summed E-state index contributed by atoms with van der Waals surface area (Å²) in [5.41, 5.74) is 0.850. The number of benzene rings is 2. The summed E-state index contributed by atoms with van der Waals surface area (Å²) >= 11 is 0. The minimum absolute atomic E-state index is 0.0246. The van der Waals surface area contributed by atoms with Gasteiger partial charge in [-0.25, -0.2) is 0 Å². The Hall–Kier alpha value is -2.57. The fourth-order valence-electron chi connectivity index (χ4n) is 3.80. The van der Waals surface area contributed by atoms with Crippen molar-refractivity contribution in [2.24, 2.45) is 7.05 Å². The summed E-state index contributed by atoms with van der Waals surface area (Å²) in [5, 5.41) is 9.40. The molecule has 0 saturated carbocycles. The number of nitrogens with one attached hydrogen (secondary N) is 2. The van der Waals surface area contributed by atoms with Crippen molar-refractivity contribution in [1.82, 2.24) is 15.2 Å². The zero-order valence-electron chi connectivity index (χ0n) is 19.7. The van der Waals surface area contributed by atoms with Crippen LogP contribution in [0.2, 0.25) is 0 Å². The van der Waals surface area contributed by atoms with Crippen LogP contribution < -0.4 is 25.7 Å². The molecule has 6 nitrogen and oxygen atoms in total. The van der Waals surface area contributed by atoms with E-state index in [2.05, 4.69) is 24.5 Å². The molecule has 0 unspecified atom stereocenters. The van der Waals surface area contributed by atoms with E-state index >= 15 is 0 Å². The van der Waals surface area contributed by atoms with Crippen molar-refractivity contribution < 1.29 is 9.47 Å². The van der Waals surface area contributed by atoms with Gasteiger partial charge in [0.2, 0.25) is 0 Å². The molecule has 32 heavy (non-hydrogen) atoms. The maximum atomic E-state index is 13.1. The molecule has 0 aliphatic heterocycles. The second-order valence-corrected chi connectivity index (χ2v) is 8.15. The fraction of sp³-hybridized carbons (Fsp3) is 0.500. The lowest BCUT2D eigenvalue weighted by molar-refractivity contribution is 0.308. The molecule has 0 saturated heterocycles. The van der Waals surface area contributed by atoms with Crippen LogP contribution in [-0.4, -0.2) is 44.0 Å². The molecule has 1 heterocycles. The number of hydrogen-bond donors (Lipinski definition) is 2. The van der Waals surface area contributed by atoms with Crippen molar-refractivity contribution >= 4 is 21.7 Å². The number of rotatable bonds is 14. The molecule has 0 aliphatic carbocycles. The summed E-state index contributed by atoms with van der Waals surface area (Å²) in [5.74, 6) is 1.53. The SMILES string of the molecule is CCCNCCCOc1ccc2c(c1)c(=O)n(C)c1cc(OCCCNCCC)ccc21. The Bertz CT molecular complexity index is 1060. The van der Waals surface area contributed by atoms with Gasteiger partial charge < -0.3 is 24.7 Å². The molecular weight excluding hydrogens is 402 g/mol. The Morgan fingerprint density at radius 1 is 0.750 bits per heavy atom. The Labute approximate surface area is 190 Å². The molecule has 2 aromatic carbocycles. The summed E-state index contributed by atoms with van der Waals surface area (Å²) in [6.45, 7) is 9.55. The number of pyridine rings is 1. The van der Waals surface area contributed by atoms with Gasteiger partial charge in [0, 0.05) is 18.5 Å². The average molecular weight is 440 g/mol. The molecule has 0 radical (unpaired) electrons. The minimum atomic E-state index is -0.0246. The zero-order valence-corrected chi connectivity index (χ0v) is 19.7. The fourth-order valence-corrected chi connectivity index (χ4v) is 3.80. The number of hydrogen-bond acceptors (Lipinski definition) is 5. The van der Waals surface area contributed by atoms with Crippen molar-refractivity contribution in [1.29, 1.82) is 0 Å². The molecule has 0 bridgehead atoms. The van der Waals surface area contributed by atoms with Gasteiger partial charge in [0.15, 0.2) is 0 Å². The lowest BCUT2D eigenvalue weighted by atomic mass is 10.1. The third kappa shape index (κ3) is 6.24. The van der Waals surface area contributed by atoms with Crippen LogP contribution >= 0.6 is 0 Å². The average Bonchev–Trinajstić information content (AvgIpc) is 2.82. The quantitative estimate of drug-likeness (QED) is 0.291. The molecule has 3 rings (SSSR count). The van der Waals surface area contributed by atoms with E-state index in [9.17, 15) is 4.79 Å². The van der Waals surface area contributed by atoms with E-state index in [1.807, 2.05) is 43.4 Å². The highest BCUT2D eigenvalue weighted by Gasteiger charge is 2.11. The van der Waals surface area contributed by atoms with Gasteiger partial charge in [-0.05, 0) is 87.6 Å². The van der Waals surface area contributed by atoms with Crippen LogP contribution in [0.1, 0.15) is 39.5 Å². The van der Waals surface area contributed by atoms with Gasteiger partial charge in [-0.1, -0.05) is 13.8 Å². The molecule has 0 fully saturated rings. The van der Waals surface area contributed by atoms with E-state index in [-0.39, 0.29) is 5.56 Å². The first-order valence-electron chi connectivity index (χ1n) is 11.9. The van der Waals surface area contributed by atoms with Crippen LogP contribution in [0.4, 0.5) is 0 Å². The monoisotopic (exact) mass is 439 g/mol. The van der Waals surface area contributed by atoms with Crippen LogP contribution in [-0.2, 0) is 7.05 Å². The van der Waals surface area contributed by atoms with Crippen molar-refractivity contribution in [3.05, 3.63) is 46.8 Å². The van der Waals surface area contributed by atoms with Crippen LogP contribution in [0.3, 0.4) is 0 Å². The normalized spacial score (nSPS) is 11.3. The molecule has 0 aliphatic rings. The highest BCUT2D eigenvalue weighted by atomic mass is 16.5. The number of ether oxygens (including phenoxy) is 2. The van der Waals surface area contributed by atoms with E-state index < -0.39 is 0 Å². The summed E-state index contributed by atoms with van der Waals surface area (Å²) in [6, 6.07) is 11.8. The molecule has 1 aromatic heterocycles. The molecule has 0 amide bonds. The molecule has 2 N–H and O–H groups in total. The van der Waals surface area contributed by atoms with Crippen molar-refractivity contribution in [2.45, 2.75) is 39.5 Å². The first kappa shape index (κ1) is 24.1. The van der Waals surface area contributed by atoms with Gasteiger partial charge >= 0.3 is 0 Å². The smallest absolute Gasteiger partial charge is 0.258 e. The Morgan fingerprint density at radius 3 is 1.91 bits per heavy atom. The number of aryl methyl sites for hydroxylation is 1. The van der Waals surface area contributed by atoms with Crippen LogP contribution in [0.5, 0.6) is 11.5 Å². The Kier molecular flexibility index (Phi) is 9.38. The predicted molar refractivity (Wildman–Crippen MR) is 133 cm³/mol. The summed E-state index contributed by atoms with van der Waals surface area (Å²) < 4.78 is 13.5. The van der Waals surface area contributed by atoms with E-state index in [1.54, 1.807) is 4.57 Å².